The van der Waals surface area contributed by atoms with Crippen LogP contribution < -0.4 is 15.0 Å². The van der Waals surface area contributed by atoms with Crippen LogP contribution in [0.4, 0.5) is 16.2 Å². The second-order valence-electron chi connectivity index (χ2n) is 8.81. The molecule has 0 saturated carbocycles. The van der Waals surface area contributed by atoms with E-state index in [1.807, 2.05) is 36.1 Å². The van der Waals surface area contributed by atoms with E-state index in [-0.39, 0.29) is 11.9 Å². The molecule has 1 aliphatic rings. The monoisotopic (exact) mass is 457 g/mol. The lowest BCUT2D eigenvalue weighted by Crippen LogP contribution is -2.49. The molecule has 0 aliphatic carbocycles. The van der Waals surface area contributed by atoms with Gasteiger partial charge >= 0.3 is 6.03 Å². The summed E-state index contributed by atoms with van der Waals surface area (Å²) in [6, 6.07) is 19.2. The van der Waals surface area contributed by atoms with Crippen LogP contribution in [0.15, 0.2) is 60.7 Å². The number of hydrogen-bond donors (Lipinski definition) is 1. The predicted molar refractivity (Wildman–Crippen MR) is 136 cm³/mol. The summed E-state index contributed by atoms with van der Waals surface area (Å²) in [5.41, 5.74) is 6.26. The molecule has 0 spiro atoms. The number of carbonyl (C=O) groups excluding carboxylic acids is 2. The Morgan fingerprint density at radius 1 is 0.971 bits per heavy atom. The van der Waals surface area contributed by atoms with E-state index in [2.05, 4.69) is 37.4 Å². The highest BCUT2D eigenvalue weighted by atomic mass is 16.5. The van der Waals surface area contributed by atoms with Gasteiger partial charge in [-0.05, 0) is 68.1 Å². The highest BCUT2D eigenvalue weighted by Gasteiger charge is 2.29. The molecule has 0 bridgehead atoms. The van der Waals surface area contributed by atoms with Gasteiger partial charge in [-0.25, -0.2) is 4.79 Å². The van der Waals surface area contributed by atoms with Crippen molar-refractivity contribution in [1.82, 2.24) is 4.90 Å². The maximum Gasteiger partial charge on any atom is 0.324 e. The standard InChI is InChI=1S/C28H31N3O3/c1-19-10-12-21(3)22(16-19)18-30-14-7-15-31(28(30)33)25-13-11-20(2)17-24(25)29-27(32)23-8-5-6-9-26(23)34-4/h5-6,8-13,16-17H,7,14-15,18H2,1-4H3,(H,29,32). The smallest absolute Gasteiger partial charge is 0.324 e. The van der Waals surface area contributed by atoms with Crippen LogP contribution >= 0.6 is 0 Å². The summed E-state index contributed by atoms with van der Waals surface area (Å²) in [4.78, 5) is 30.3. The second-order valence-corrected chi connectivity index (χ2v) is 8.81. The lowest BCUT2D eigenvalue weighted by molar-refractivity contribution is 0.102. The molecule has 6 nitrogen and oxygen atoms in total. The number of rotatable bonds is 6. The summed E-state index contributed by atoms with van der Waals surface area (Å²) in [6.07, 6.45) is 0.852. The molecule has 1 saturated heterocycles. The number of carbonyl (C=O) groups is 2. The largest absolute Gasteiger partial charge is 0.496 e. The van der Waals surface area contributed by atoms with Gasteiger partial charge in [0.1, 0.15) is 5.75 Å². The lowest BCUT2D eigenvalue weighted by Gasteiger charge is -2.37. The number of nitrogens with one attached hydrogen (secondary N) is 1. The number of para-hydroxylation sites is 1. The summed E-state index contributed by atoms with van der Waals surface area (Å²) in [7, 11) is 1.54. The van der Waals surface area contributed by atoms with Gasteiger partial charge in [0.2, 0.25) is 0 Å². The van der Waals surface area contributed by atoms with E-state index >= 15 is 0 Å². The van der Waals surface area contributed by atoms with Gasteiger partial charge in [0.25, 0.3) is 5.91 Å². The van der Waals surface area contributed by atoms with Crippen LogP contribution in [-0.4, -0.2) is 37.0 Å². The zero-order chi connectivity index (χ0) is 24.2. The Labute approximate surface area is 201 Å². The number of methoxy groups -OCH3 is 1. The van der Waals surface area contributed by atoms with Gasteiger partial charge in [-0.1, -0.05) is 42.0 Å². The second kappa shape index (κ2) is 10.00. The normalized spacial score (nSPS) is 13.7. The van der Waals surface area contributed by atoms with Crippen LogP contribution in [0.1, 0.15) is 39.0 Å². The molecule has 3 aromatic rings. The van der Waals surface area contributed by atoms with Crippen molar-refractivity contribution in [2.45, 2.75) is 33.7 Å². The molecule has 1 N–H and O–H groups in total. The number of ether oxygens (including phenoxy) is 1. The number of amides is 3. The Morgan fingerprint density at radius 2 is 1.71 bits per heavy atom. The summed E-state index contributed by atoms with van der Waals surface area (Å²) in [5, 5.41) is 3.01. The molecule has 0 aromatic heterocycles. The Kier molecular flexibility index (Phi) is 6.87. The van der Waals surface area contributed by atoms with E-state index in [1.165, 1.54) is 11.1 Å². The predicted octanol–water partition coefficient (Wildman–Crippen LogP) is 5.71. The molecule has 176 valence electrons. The van der Waals surface area contributed by atoms with Crippen molar-refractivity contribution in [2.75, 3.05) is 30.4 Å². The maximum absolute atomic E-state index is 13.5. The SMILES string of the molecule is COc1ccccc1C(=O)Nc1cc(C)ccc1N1CCCN(Cc2cc(C)ccc2C)C1=O. The Morgan fingerprint density at radius 3 is 2.50 bits per heavy atom. The molecule has 1 aliphatic heterocycles. The first-order valence-corrected chi connectivity index (χ1v) is 11.5. The zero-order valence-electron chi connectivity index (χ0n) is 20.2. The van der Waals surface area contributed by atoms with Crippen LogP contribution in [0, 0.1) is 20.8 Å². The van der Waals surface area contributed by atoms with Crippen LogP contribution in [0.5, 0.6) is 5.75 Å². The first-order valence-electron chi connectivity index (χ1n) is 11.5. The average molecular weight is 458 g/mol. The van der Waals surface area contributed by atoms with Crippen molar-refractivity contribution in [1.29, 1.82) is 0 Å². The summed E-state index contributed by atoms with van der Waals surface area (Å²) in [6.45, 7) is 7.98. The fourth-order valence-corrected chi connectivity index (χ4v) is 4.34. The van der Waals surface area contributed by atoms with E-state index in [0.717, 1.165) is 17.5 Å². The minimum atomic E-state index is -0.277. The third kappa shape index (κ3) is 4.91. The molecular weight excluding hydrogens is 426 g/mol. The number of anilines is 2. The van der Waals surface area contributed by atoms with Crippen molar-refractivity contribution in [2.24, 2.45) is 0 Å². The number of aryl methyl sites for hydroxylation is 3. The summed E-state index contributed by atoms with van der Waals surface area (Å²) >= 11 is 0. The van der Waals surface area contributed by atoms with Crippen molar-refractivity contribution >= 4 is 23.3 Å². The van der Waals surface area contributed by atoms with Gasteiger partial charge in [0.05, 0.1) is 24.0 Å². The molecule has 0 radical (unpaired) electrons. The molecule has 1 heterocycles. The van der Waals surface area contributed by atoms with E-state index in [1.54, 1.807) is 30.2 Å². The fraction of sp³-hybridized carbons (Fsp3) is 0.286. The van der Waals surface area contributed by atoms with Crippen molar-refractivity contribution in [3.8, 4) is 5.75 Å². The Bertz CT molecular complexity index is 1220. The van der Waals surface area contributed by atoms with Crippen molar-refractivity contribution in [3.05, 3.63) is 88.5 Å². The van der Waals surface area contributed by atoms with Crippen molar-refractivity contribution in [3.63, 3.8) is 0 Å². The van der Waals surface area contributed by atoms with E-state index in [4.69, 9.17) is 4.74 Å². The fourth-order valence-electron chi connectivity index (χ4n) is 4.34. The third-order valence-corrected chi connectivity index (χ3v) is 6.22. The number of hydrogen-bond acceptors (Lipinski definition) is 3. The van der Waals surface area contributed by atoms with Gasteiger partial charge in [-0.15, -0.1) is 0 Å². The van der Waals surface area contributed by atoms with Crippen LogP contribution in [0.2, 0.25) is 0 Å². The molecule has 3 amide bonds. The topological polar surface area (TPSA) is 61.9 Å². The van der Waals surface area contributed by atoms with Gasteiger partial charge in [-0.3, -0.25) is 9.69 Å². The minimum Gasteiger partial charge on any atom is -0.496 e. The van der Waals surface area contributed by atoms with Gasteiger partial charge in [0, 0.05) is 19.6 Å². The lowest BCUT2D eigenvalue weighted by atomic mass is 10.0. The van der Waals surface area contributed by atoms with E-state index in [0.29, 0.717) is 42.3 Å². The molecule has 0 unspecified atom stereocenters. The van der Waals surface area contributed by atoms with Crippen LogP contribution in [0.3, 0.4) is 0 Å². The average Bonchev–Trinajstić information content (AvgIpc) is 2.83. The highest BCUT2D eigenvalue weighted by Crippen LogP contribution is 2.31. The summed E-state index contributed by atoms with van der Waals surface area (Å²) in [5.74, 6) is 0.226. The molecule has 34 heavy (non-hydrogen) atoms. The van der Waals surface area contributed by atoms with Gasteiger partial charge in [0.15, 0.2) is 0 Å². The zero-order valence-corrected chi connectivity index (χ0v) is 20.2. The molecule has 3 aromatic carbocycles. The van der Waals surface area contributed by atoms with Crippen molar-refractivity contribution < 1.29 is 14.3 Å². The van der Waals surface area contributed by atoms with E-state index in [9.17, 15) is 9.59 Å². The molecule has 1 fully saturated rings. The van der Waals surface area contributed by atoms with E-state index < -0.39 is 0 Å². The first kappa shape index (κ1) is 23.4. The molecule has 4 rings (SSSR count). The molecule has 6 heteroatoms. The van der Waals surface area contributed by atoms with Gasteiger partial charge in [-0.2, -0.15) is 0 Å². The summed E-state index contributed by atoms with van der Waals surface area (Å²) < 4.78 is 5.35. The van der Waals surface area contributed by atoms with Crippen LogP contribution in [-0.2, 0) is 6.54 Å². The number of benzene rings is 3. The molecule has 0 atom stereocenters. The minimum absolute atomic E-state index is 0.0520. The number of urea groups is 1. The molecular formula is C28H31N3O3. The van der Waals surface area contributed by atoms with Gasteiger partial charge < -0.3 is 15.0 Å². The number of nitrogens with zero attached hydrogens (tertiary/aromatic N) is 2. The Balaban J connectivity index is 1.60. The Hall–Kier alpha value is -3.80. The van der Waals surface area contributed by atoms with Crippen LogP contribution in [0.25, 0.3) is 0 Å². The quantitative estimate of drug-likeness (QED) is 0.516. The maximum atomic E-state index is 13.5. The highest BCUT2D eigenvalue weighted by molar-refractivity contribution is 6.09. The third-order valence-electron chi connectivity index (χ3n) is 6.22. The first-order chi connectivity index (χ1) is 16.4.